The Hall–Kier alpha value is -1.29. The van der Waals surface area contributed by atoms with E-state index in [9.17, 15) is 0 Å². The summed E-state index contributed by atoms with van der Waals surface area (Å²) in [5, 5.41) is 9.51. The van der Waals surface area contributed by atoms with Crippen molar-refractivity contribution in [2.45, 2.75) is 44.6 Å². The van der Waals surface area contributed by atoms with Crippen molar-refractivity contribution < 1.29 is 0 Å². The lowest BCUT2D eigenvalue weighted by Crippen LogP contribution is -2.01. The molecule has 2 rings (SSSR count). The highest BCUT2D eigenvalue weighted by Crippen LogP contribution is 2.22. The molecule has 0 aliphatic rings. The monoisotopic (exact) mass is 261 g/mol. The Morgan fingerprint density at radius 3 is 2.44 bits per heavy atom. The lowest BCUT2D eigenvalue weighted by atomic mass is 10.2. The molecule has 0 radical (unpaired) electrons. The Kier molecular flexibility index (Phi) is 4.42. The predicted octanol–water partition coefficient (Wildman–Crippen LogP) is 3.46. The first-order valence-electron chi connectivity index (χ1n) is 6.35. The average Bonchev–Trinajstić information content (AvgIpc) is 2.80. The fourth-order valence-corrected chi connectivity index (χ4v) is 2.81. The molecule has 0 spiro atoms. The molecule has 96 valence electrons. The standard InChI is InChI=1S/C14H19N3S/c1-4-13-15-16-14(17(13)5-2)18-10-12-8-6-11(3)7-9-12/h6-9H,4-5,10H2,1-3H3. The Balaban J connectivity index is 2.06. The molecule has 0 saturated heterocycles. The number of thioether (sulfide) groups is 1. The normalized spacial score (nSPS) is 10.8. The van der Waals surface area contributed by atoms with Gasteiger partial charge in [0.2, 0.25) is 0 Å². The van der Waals surface area contributed by atoms with Crippen LogP contribution in [-0.4, -0.2) is 14.8 Å². The number of hydrogen-bond acceptors (Lipinski definition) is 3. The highest BCUT2D eigenvalue weighted by atomic mass is 32.2. The summed E-state index contributed by atoms with van der Waals surface area (Å²) in [5.74, 6) is 2.02. The summed E-state index contributed by atoms with van der Waals surface area (Å²) in [6.07, 6.45) is 0.936. The molecule has 0 fully saturated rings. The molecule has 18 heavy (non-hydrogen) atoms. The van der Waals surface area contributed by atoms with Gasteiger partial charge in [0, 0.05) is 18.7 Å². The maximum Gasteiger partial charge on any atom is 0.191 e. The fraction of sp³-hybridized carbons (Fsp3) is 0.429. The maximum atomic E-state index is 4.27. The smallest absolute Gasteiger partial charge is 0.191 e. The lowest BCUT2D eigenvalue weighted by Gasteiger charge is -2.06. The van der Waals surface area contributed by atoms with E-state index in [1.54, 1.807) is 11.8 Å². The first kappa shape index (κ1) is 13.1. The van der Waals surface area contributed by atoms with Gasteiger partial charge in [0.25, 0.3) is 0 Å². The van der Waals surface area contributed by atoms with Crippen LogP contribution >= 0.6 is 11.8 Å². The van der Waals surface area contributed by atoms with Gasteiger partial charge in [0.05, 0.1) is 0 Å². The van der Waals surface area contributed by atoms with Crippen LogP contribution in [-0.2, 0) is 18.7 Å². The summed E-state index contributed by atoms with van der Waals surface area (Å²) in [6, 6.07) is 8.65. The van der Waals surface area contributed by atoms with Crippen LogP contribution < -0.4 is 0 Å². The van der Waals surface area contributed by atoms with E-state index in [0.717, 1.165) is 29.7 Å². The van der Waals surface area contributed by atoms with E-state index in [1.807, 2.05) is 0 Å². The van der Waals surface area contributed by atoms with Gasteiger partial charge in [0.15, 0.2) is 5.16 Å². The SMILES string of the molecule is CCc1nnc(SCc2ccc(C)cc2)n1CC. The predicted molar refractivity (Wildman–Crippen MR) is 75.8 cm³/mol. The molecule has 0 bridgehead atoms. The maximum absolute atomic E-state index is 4.27. The highest BCUT2D eigenvalue weighted by Gasteiger charge is 2.09. The largest absolute Gasteiger partial charge is 0.306 e. The Bertz CT molecular complexity index is 502. The molecule has 1 aromatic heterocycles. The van der Waals surface area contributed by atoms with Crippen molar-refractivity contribution in [1.29, 1.82) is 0 Å². The number of aromatic nitrogens is 3. The van der Waals surface area contributed by atoms with Gasteiger partial charge in [-0.15, -0.1) is 10.2 Å². The van der Waals surface area contributed by atoms with Crippen molar-refractivity contribution in [3.8, 4) is 0 Å². The zero-order valence-electron chi connectivity index (χ0n) is 11.2. The topological polar surface area (TPSA) is 30.7 Å². The summed E-state index contributed by atoms with van der Waals surface area (Å²) in [5.41, 5.74) is 2.63. The van der Waals surface area contributed by atoms with Crippen LogP contribution in [0.3, 0.4) is 0 Å². The molecule has 2 aromatic rings. The van der Waals surface area contributed by atoms with E-state index < -0.39 is 0 Å². The number of hydrogen-bond donors (Lipinski definition) is 0. The summed E-state index contributed by atoms with van der Waals surface area (Å²) < 4.78 is 2.19. The first-order valence-corrected chi connectivity index (χ1v) is 7.33. The zero-order chi connectivity index (χ0) is 13.0. The van der Waals surface area contributed by atoms with Crippen LogP contribution in [0, 0.1) is 6.92 Å². The molecule has 1 aromatic carbocycles. The molecule has 0 N–H and O–H groups in total. The van der Waals surface area contributed by atoms with Crippen LogP contribution in [0.4, 0.5) is 0 Å². The van der Waals surface area contributed by atoms with Crippen molar-refractivity contribution >= 4 is 11.8 Å². The number of aryl methyl sites for hydroxylation is 2. The second kappa shape index (κ2) is 6.05. The van der Waals surface area contributed by atoms with E-state index >= 15 is 0 Å². The van der Waals surface area contributed by atoms with Gasteiger partial charge >= 0.3 is 0 Å². The average molecular weight is 261 g/mol. The van der Waals surface area contributed by atoms with E-state index in [1.165, 1.54) is 11.1 Å². The highest BCUT2D eigenvalue weighted by molar-refractivity contribution is 7.98. The Morgan fingerprint density at radius 2 is 1.83 bits per heavy atom. The lowest BCUT2D eigenvalue weighted by molar-refractivity contribution is 0.647. The molecule has 0 aliphatic heterocycles. The summed E-state index contributed by atoms with van der Waals surface area (Å²) in [7, 11) is 0. The van der Waals surface area contributed by atoms with Gasteiger partial charge in [-0.25, -0.2) is 0 Å². The van der Waals surface area contributed by atoms with Gasteiger partial charge in [-0.1, -0.05) is 48.5 Å². The van der Waals surface area contributed by atoms with Gasteiger partial charge in [0.1, 0.15) is 5.82 Å². The minimum atomic E-state index is 0.936. The van der Waals surface area contributed by atoms with Crippen LogP contribution in [0.15, 0.2) is 29.4 Å². The summed E-state index contributed by atoms with van der Waals surface area (Å²) in [4.78, 5) is 0. The molecular formula is C14H19N3S. The van der Waals surface area contributed by atoms with E-state index in [-0.39, 0.29) is 0 Å². The van der Waals surface area contributed by atoms with Crippen LogP contribution in [0.2, 0.25) is 0 Å². The van der Waals surface area contributed by atoms with Crippen LogP contribution in [0.1, 0.15) is 30.8 Å². The third kappa shape index (κ3) is 2.93. The molecule has 0 amide bonds. The van der Waals surface area contributed by atoms with Crippen molar-refractivity contribution in [3.63, 3.8) is 0 Å². The Labute approximate surface area is 113 Å². The van der Waals surface area contributed by atoms with Crippen molar-refractivity contribution in [2.75, 3.05) is 0 Å². The Morgan fingerprint density at radius 1 is 1.11 bits per heavy atom. The van der Waals surface area contributed by atoms with Gasteiger partial charge in [-0.2, -0.15) is 0 Å². The summed E-state index contributed by atoms with van der Waals surface area (Å²) >= 11 is 1.76. The van der Waals surface area contributed by atoms with Crippen molar-refractivity contribution in [1.82, 2.24) is 14.8 Å². The fourth-order valence-electron chi connectivity index (χ4n) is 1.84. The van der Waals surface area contributed by atoms with Crippen LogP contribution in [0.5, 0.6) is 0 Å². The van der Waals surface area contributed by atoms with E-state index in [0.29, 0.717) is 0 Å². The third-order valence-corrected chi connectivity index (χ3v) is 3.95. The van der Waals surface area contributed by atoms with Gasteiger partial charge in [-0.3, -0.25) is 0 Å². The van der Waals surface area contributed by atoms with Crippen LogP contribution in [0.25, 0.3) is 0 Å². The van der Waals surface area contributed by atoms with E-state index in [4.69, 9.17) is 0 Å². The van der Waals surface area contributed by atoms with Gasteiger partial charge in [-0.05, 0) is 19.4 Å². The van der Waals surface area contributed by atoms with Crippen molar-refractivity contribution in [3.05, 3.63) is 41.2 Å². The number of rotatable bonds is 5. The molecule has 0 atom stereocenters. The third-order valence-electron chi connectivity index (χ3n) is 2.91. The minimum absolute atomic E-state index is 0.936. The summed E-state index contributed by atoms with van der Waals surface area (Å²) in [6.45, 7) is 7.30. The number of nitrogens with zero attached hydrogens (tertiary/aromatic N) is 3. The molecule has 0 saturated carbocycles. The molecule has 0 aliphatic carbocycles. The molecule has 1 heterocycles. The molecular weight excluding hydrogens is 242 g/mol. The zero-order valence-corrected chi connectivity index (χ0v) is 12.0. The van der Waals surface area contributed by atoms with E-state index in [2.05, 4.69) is 59.8 Å². The quantitative estimate of drug-likeness (QED) is 0.772. The first-order chi connectivity index (χ1) is 8.74. The molecule has 4 heteroatoms. The molecule has 3 nitrogen and oxygen atoms in total. The molecule has 0 unspecified atom stereocenters. The number of benzene rings is 1. The minimum Gasteiger partial charge on any atom is -0.306 e. The second-order valence-electron chi connectivity index (χ2n) is 4.27. The van der Waals surface area contributed by atoms with Crippen molar-refractivity contribution in [2.24, 2.45) is 0 Å². The van der Waals surface area contributed by atoms with Gasteiger partial charge < -0.3 is 4.57 Å². The second-order valence-corrected chi connectivity index (χ2v) is 5.21.